The molecule has 5 nitrogen and oxygen atoms in total. The number of urea groups is 1. The lowest BCUT2D eigenvalue weighted by Crippen LogP contribution is -2.38. The van der Waals surface area contributed by atoms with Crippen LogP contribution in [0.3, 0.4) is 0 Å². The van der Waals surface area contributed by atoms with Crippen LogP contribution >= 0.6 is 0 Å². The summed E-state index contributed by atoms with van der Waals surface area (Å²) in [5, 5.41) is 2.55. The quantitative estimate of drug-likeness (QED) is 0.805. The van der Waals surface area contributed by atoms with E-state index < -0.39 is 23.7 Å². The molecule has 1 aromatic rings. The number of hydrogen-bond donors (Lipinski definition) is 1. The maximum atomic E-state index is 12.5. The van der Waals surface area contributed by atoms with E-state index in [1.807, 2.05) is 0 Å². The van der Waals surface area contributed by atoms with Gasteiger partial charge in [0.15, 0.2) is 0 Å². The minimum absolute atomic E-state index is 0.0536. The van der Waals surface area contributed by atoms with E-state index >= 15 is 0 Å². The minimum Gasteiger partial charge on any atom is -0.463 e. The number of benzene rings is 1. The summed E-state index contributed by atoms with van der Waals surface area (Å²) in [6.07, 6.45) is -4.54. The standard InChI is InChI=1S/C16H21F3N2O3/c1-11(2)24-14(22)8-9-20-15(23)21(3)10-12-4-6-13(7-5-12)16(17,18)19/h4-7,11H,8-10H2,1-3H3,(H,20,23). The molecule has 1 aromatic carbocycles. The number of ether oxygens (including phenoxy) is 1. The summed E-state index contributed by atoms with van der Waals surface area (Å²) in [5.41, 5.74) is -0.165. The molecule has 0 saturated carbocycles. The summed E-state index contributed by atoms with van der Waals surface area (Å²) in [7, 11) is 1.51. The maximum absolute atomic E-state index is 12.5. The Hall–Kier alpha value is -2.25. The van der Waals surface area contributed by atoms with E-state index in [1.54, 1.807) is 13.8 Å². The van der Waals surface area contributed by atoms with Gasteiger partial charge in [-0.2, -0.15) is 13.2 Å². The minimum atomic E-state index is -4.38. The van der Waals surface area contributed by atoms with Gasteiger partial charge in [0.05, 0.1) is 18.1 Å². The van der Waals surface area contributed by atoms with Crippen molar-refractivity contribution in [2.75, 3.05) is 13.6 Å². The molecule has 24 heavy (non-hydrogen) atoms. The second-order valence-corrected chi connectivity index (χ2v) is 5.57. The Morgan fingerprint density at radius 1 is 1.21 bits per heavy atom. The highest BCUT2D eigenvalue weighted by Crippen LogP contribution is 2.29. The second kappa shape index (κ2) is 8.56. The number of carbonyl (C=O) groups is 2. The molecule has 0 atom stereocenters. The van der Waals surface area contributed by atoms with Crippen molar-refractivity contribution in [3.05, 3.63) is 35.4 Å². The van der Waals surface area contributed by atoms with Crippen molar-refractivity contribution < 1.29 is 27.5 Å². The van der Waals surface area contributed by atoms with Crippen LogP contribution in [0.25, 0.3) is 0 Å². The van der Waals surface area contributed by atoms with Crippen LogP contribution in [0.4, 0.5) is 18.0 Å². The van der Waals surface area contributed by atoms with Crippen LogP contribution in [0.15, 0.2) is 24.3 Å². The van der Waals surface area contributed by atoms with E-state index in [4.69, 9.17) is 4.74 Å². The van der Waals surface area contributed by atoms with Crippen molar-refractivity contribution in [1.82, 2.24) is 10.2 Å². The number of nitrogens with zero attached hydrogens (tertiary/aromatic N) is 1. The molecule has 2 amide bonds. The van der Waals surface area contributed by atoms with Crippen molar-refractivity contribution in [1.29, 1.82) is 0 Å². The monoisotopic (exact) mass is 346 g/mol. The molecule has 8 heteroatoms. The number of amides is 2. The summed E-state index contributed by atoms with van der Waals surface area (Å²) in [6, 6.07) is 4.18. The van der Waals surface area contributed by atoms with Crippen LogP contribution in [0, 0.1) is 0 Å². The summed E-state index contributed by atoms with van der Waals surface area (Å²) in [4.78, 5) is 24.5. The van der Waals surface area contributed by atoms with Crippen molar-refractivity contribution in [3.63, 3.8) is 0 Å². The van der Waals surface area contributed by atoms with Crippen LogP contribution in [0.5, 0.6) is 0 Å². The SMILES string of the molecule is CC(C)OC(=O)CCNC(=O)N(C)Cc1ccc(C(F)(F)F)cc1. The summed E-state index contributed by atoms with van der Waals surface area (Å²) in [6.45, 7) is 3.74. The van der Waals surface area contributed by atoms with Gasteiger partial charge in [-0.25, -0.2) is 4.79 Å². The van der Waals surface area contributed by atoms with Gasteiger partial charge >= 0.3 is 18.2 Å². The van der Waals surface area contributed by atoms with Gasteiger partial charge in [-0.15, -0.1) is 0 Å². The van der Waals surface area contributed by atoms with Gasteiger partial charge in [-0.3, -0.25) is 4.79 Å². The lowest BCUT2D eigenvalue weighted by Gasteiger charge is -2.18. The van der Waals surface area contributed by atoms with E-state index in [1.165, 1.54) is 24.1 Å². The lowest BCUT2D eigenvalue weighted by atomic mass is 10.1. The van der Waals surface area contributed by atoms with E-state index in [0.717, 1.165) is 12.1 Å². The largest absolute Gasteiger partial charge is 0.463 e. The predicted molar refractivity (Wildman–Crippen MR) is 82.2 cm³/mol. The summed E-state index contributed by atoms with van der Waals surface area (Å²) >= 11 is 0. The third-order valence-corrected chi connectivity index (χ3v) is 3.02. The highest BCUT2D eigenvalue weighted by Gasteiger charge is 2.29. The number of rotatable bonds is 6. The molecule has 0 aliphatic carbocycles. The molecule has 0 saturated heterocycles. The Labute approximate surface area is 138 Å². The third kappa shape index (κ3) is 6.89. The molecule has 0 aliphatic rings. The molecule has 1 N–H and O–H groups in total. The average Bonchev–Trinajstić information content (AvgIpc) is 2.45. The average molecular weight is 346 g/mol. The number of hydrogen-bond acceptors (Lipinski definition) is 3. The molecule has 0 spiro atoms. The van der Waals surface area contributed by atoms with Gasteiger partial charge in [0.25, 0.3) is 0 Å². The van der Waals surface area contributed by atoms with Gasteiger partial charge in [0, 0.05) is 20.1 Å². The first-order valence-corrected chi connectivity index (χ1v) is 7.44. The van der Waals surface area contributed by atoms with Gasteiger partial charge in [-0.05, 0) is 31.5 Å². The van der Waals surface area contributed by atoms with Gasteiger partial charge in [0.1, 0.15) is 0 Å². The van der Waals surface area contributed by atoms with Crippen molar-refractivity contribution in [2.24, 2.45) is 0 Å². The van der Waals surface area contributed by atoms with E-state index in [9.17, 15) is 22.8 Å². The van der Waals surface area contributed by atoms with Crippen LogP contribution in [-0.2, 0) is 22.3 Å². The zero-order valence-electron chi connectivity index (χ0n) is 13.8. The van der Waals surface area contributed by atoms with Gasteiger partial charge in [0.2, 0.25) is 0 Å². The zero-order chi connectivity index (χ0) is 18.3. The summed E-state index contributed by atoms with van der Waals surface area (Å²) in [5.74, 6) is -0.407. The van der Waals surface area contributed by atoms with E-state index in [0.29, 0.717) is 5.56 Å². The Balaban J connectivity index is 2.42. The first kappa shape index (κ1) is 19.8. The van der Waals surface area contributed by atoms with E-state index in [-0.39, 0.29) is 25.6 Å². The lowest BCUT2D eigenvalue weighted by molar-refractivity contribution is -0.147. The maximum Gasteiger partial charge on any atom is 0.416 e. The molecule has 0 unspecified atom stereocenters. The van der Waals surface area contributed by atoms with Crippen LogP contribution in [0.2, 0.25) is 0 Å². The highest BCUT2D eigenvalue weighted by atomic mass is 19.4. The fourth-order valence-corrected chi connectivity index (χ4v) is 1.87. The van der Waals surface area contributed by atoms with Crippen LogP contribution in [-0.4, -0.2) is 36.6 Å². The van der Waals surface area contributed by atoms with Crippen molar-refractivity contribution in [3.8, 4) is 0 Å². The number of carbonyl (C=O) groups excluding carboxylic acids is 2. The Morgan fingerprint density at radius 3 is 2.29 bits per heavy atom. The molecule has 0 heterocycles. The van der Waals surface area contributed by atoms with Crippen LogP contribution in [0.1, 0.15) is 31.4 Å². The first-order valence-electron chi connectivity index (χ1n) is 7.44. The summed E-state index contributed by atoms with van der Waals surface area (Å²) < 4.78 is 42.4. The Morgan fingerprint density at radius 2 is 1.79 bits per heavy atom. The fraction of sp³-hybridized carbons (Fsp3) is 0.500. The van der Waals surface area contributed by atoms with Crippen molar-refractivity contribution in [2.45, 2.75) is 39.1 Å². The van der Waals surface area contributed by atoms with E-state index in [2.05, 4.69) is 5.32 Å². The number of alkyl halides is 3. The number of halogens is 3. The molecule has 0 aliphatic heterocycles. The zero-order valence-corrected chi connectivity index (χ0v) is 13.8. The Kier molecular flexibility index (Phi) is 7.06. The molecule has 1 rings (SSSR count). The first-order chi connectivity index (χ1) is 11.1. The molecule has 0 bridgehead atoms. The van der Waals surface area contributed by atoms with Crippen molar-refractivity contribution >= 4 is 12.0 Å². The molecule has 134 valence electrons. The van der Waals surface area contributed by atoms with Gasteiger partial charge < -0.3 is 15.0 Å². The second-order valence-electron chi connectivity index (χ2n) is 5.57. The van der Waals surface area contributed by atoms with Crippen LogP contribution < -0.4 is 5.32 Å². The molecule has 0 radical (unpaired) electrons. The normalized spacial score (nSPS) is 11.3. The Bertz CT molecular complexity index is 557. The third-order valence-electron chi connectivity index (χ3n) is 3.02. The molecular formula is C16H21F3N2O3. The van der Waals surface area contributed by atoms with Gasteiger partial charge in [-0.1, -0.05) is 12.1 Å². The highest BCUT2D eigenvalue weighted by molar-refractivity contribution is 5.75. The molecule has 0 fully saturated rings. The predicted octanol–water partition coefficient (Wildman–Crippen LogP) is 3.19. The molecule has 0 aromatic heterocycles. The smallest absolute Gasteiger partial charge is 0.416 e. The molecular weight excluding hydrogens is 325 g/mol. The fourth-order valence-electron chi connectivity index (χ4n) is 1.87. The number of esters is 1. The number of nitrogens with one attached hydrogen (secondary N) is 1. The topological polar surface area (TPSA) is 58.6 Å².